The van der Waals surface area contributed by atoms with Gasteiger partial charge >= 0.3 is 0 Å². The number of rotatable bonds is 4. The Labute approximate surface area is 138 Å². The van der Waals surface area contributed by atoms with Crippen molar-refractivity contribution in [3.05, 3.63) is 54.1 Å². The van der Waals surface area contributed by atoms with Gasteiger partial charge in [0.15, 0.2) is 5.82 Å². The van der Waals surface area contributed by atoms with Crippen LogP contribution in [-0.2, 0) is 6.61 Å². The molecule has 0 amide bonds. The molecular formula is C18H16N4O2. The van der Waals surface area contributed by atoms with Crippen LogP contribution in [0, 0.1) is 0 Å². The summed E-state index contributed by atoms with van der Waals surface area (Å²) in [6, 6.07) is 15.4. The van der Waals surface area contributed by atoms with E-state index < -0.39 is 0 Å². The molecule has 2 heterocycles. The number of imidazole rings is 1. The summed E-state index contributed by atoms with van der Waals surface area (Å²) in [7, 11) is 1.60. The SMILES string of the molecule is COc1cc(CO)cc(-c2cc(-c3nc4ccccc4[nH]3)[nH]n2)c1. The number of aliphatic hydroxyl groups is 1. The Kier molecular flexibility index (Phi) is 3.51. The van der Waals surface area contributed by atoms with Crippen molar-refractivity contribution in [2.24, 2.45) is 0 Å². The van der Waals surface area contributed by atoms with Crippen LogP contribution in [0.2, 0.25) is 0 Å². The third-order valence-corrected chi connectivity index (χ3v) is 3.90. The van der Waals surface area contributed by atoms with E-state index in [9.17, 15) is 5.11 Å². The number of hydrogen-bond donors (Lipinski definition) is 3. The Morgan fingerprint density at radius 3 is 2.79 bits per heavy atom. The van der Waals surface area contributed by atoms with Crippen molar-refractivity contribution in [1.29, 1.82) is 0 Å². The van der Waals surface area contributed by atoms with E-state index in [4.69, 9.17) is 4.74 Å². The number of fused-ring (bicyclic) bond motifs is 1. The lowest BCUT2D eigenvalue weighted by molar-refractivity contribution is 0.281. The maximum atomic E-state index is 9.39. The van der Waals surface area contributed by atoms with Crippen molar-refractivity contribution in [3.8, 4) is 28.5 Å². The van der Waals surface area contributed by atoms with E-state index in [2.05, 4.69) is 20.2 Å². The van der Waals surface area contributed by atoms with E-state index in [0.717, 1.165) is 39.4 Å². The van der Waals surface area contributed by atoms with Gasteiger partial charge in [-0.25, -0.2) is 4.98 Å². The van der Waals surface area contributed by atoms with Gasteiger partial charge in [0.25, 0.3) is 0 Å². The first kappa shape index (κ1) is 14.5. The van der Waals surface area contributed by atoms with Crippen molar-refractivity contribution in [3.63, 3.8) is 0 Å². The summed E-state index contributed by atoms with van der Waals surface area (Å²) in [5, 5.41) is 16.8. The molecule has 4 aromatic rings. The van der Waals surface area contributed by atoms with Crippen LogP contribution >= 0.6 is 0 Å². The smallest absolute Gasteiger partial charge is 0.156 e. The van der Waals surface area contributed by atoms with Crippen LogP contribution < -0.4 is 4.74 Å². The number of aromatic amines is 2. The topological polar surface area (TPSA) is 86.8 Å². The maximum absolute atomic E-state index is 9.39. The molecule has 2 aromatic heterocycles. The Balaban J connectivity index is 1.74. The summed E-state index contributed by atoms with van der Waals surface area (Å²) < 4.78 is 5.28. The van der Waals surface area contributed by atoms with Crippen LogP contribution in [0.3, 0.4) is 0 Å². The minimum Gasteiger partial charge on any atom is -0.497 e. The Morgan fingerprint density at radius 2 is 2.00 bits per heavy atom. The molecule has 0 saturated heterocycles. The third kappa shape index (κ3) is 2.53. The summed E-state index contributed by atoms with van der Waals surface area (Å²) in [6.07, 6.45) is 0. The van der Waals surface area contributed by atoms with Crippen LogP contribution in [0.4, 0.5) is 0 Å². The average Bonchev–Trinajstić information content (AvgIpc) is 3.27. The van der Waals surface area contributed by atoms with Gasteiger partial charge in [0.05, 0.1) is 30.4 Å². The number of hydrogen-bond acceptors (Lipinski definition) is 4. The van der Waals surface area contributed by atoms with Crippen molar-refractivity contribution in [2.45, 2.75) is 6.61 Å². The summed E-state index contributed by atoms with van der Waals surface area (Å²) in [4.78, 5) is 7.84. The Bertz CT molecular complexity index is 948. The minimum absolute atomic E-state index is 0.0505. The monoisotopic (exact) mass is 320 g/mol. The molecule has 120 valence electrons. The van der Waals surface area contributed by atoms with E-state index in [1.807, 2.05) is 42.5 Å². The van der Waals surface area contributed by atoms with Crippen molar-refractivity contribution >= 4 is 11.0 Å². The molecule has 0 aliphatic carbocycles. The number of H-pyrrole nitrogens is 2. The van der Waals surface area contributed by atoms with E-state index in [1.54, 1.807) is 13.2 Å². The first-order chi connectivity index (χ1) is 11.8. The summed E-state index contributed by atoms with van der Waals surface area (Å²) in [5.74, 6) is 1.42. The number of nitrogens with one attached hydrogen (secondary N) is 2. The summed E-state index contributed by atoms with van der Waals surface area (Å²) in [6.45, 7) is -0.0505. The highest BCUT2D eigenvalue weighted by molar-refractivity contribution is 5.79. The lowest BCUT2D eigenvalue weighted by atomic mass is 10.1. The maximum Gasteiger partial charge on any atom is 0.156 e. The molecule has 0 aliphatic rings. The molecule has 0 radical (unpaired) electrons. The lowest BCUT2D eigenvalue weighted by Crippen LogP contribution is -1.90. The molecule has 0 aliphatic heterocycles. The second-order valence-corrected chi connectivity index (χ2v) is 5.50. The molecule has 0 atom stereocenters. The van der Waals surface area contributed by atoms with Crippen LogP contribution in [0.5, 0.6) is 5.75 Å². The van der Waals surface area contributed by atoms with Crippen LogP contribution in [0.15, 0.2) is 48.5 Å². The number of aliphatic hydroxyl groups excluding tert-OH is 1. The number of aromatic nitrogens is 4. The largest absolute Gasteiger partial charge is 0.497 e. The zero-order valence-electron chi connectivity index (χ0n) is 13.1. The molecule has 24 heavy (non-hydrogen) atoms. The normalized spacial score (nSPS) is 11.1. The quantitative estimate of drug-likeness (QED) is 0.539. The molecule has 0 fully saturated rings. The Hall–Kier alpha value is -3.12. The molecule has 0 spiro atoms. The summed E-state index contributed by atoms with van der Waals surface area (Å²) >= 11 is 0. The molecule has 0 saturated carbocycles. The van der Waals surface area contributed by atoms with E-state index >= 15 is 0 Å². The van der Waals surface area contributed by atoms with Gasteiger partial charge in [-0.15, -0.1) is 0 Å². The van der Waals surface area contributed by atoms with Gasteiger partial charge in [-0.2, -0.15) is 5.10 Å². The number of para-hydroxylation sites is 2. The second-order valence-electron chi connectivity index (χ2n) is 5.50. The molecule has 0 bridgehead atoms. The average molecular weight is 320 g/mol. The predicted octanol–water partition coefficient (Wildman–Crippen LogP) is 3.12. The van der Waals surface area contributed by atoms with Gasteiger partial charge in [0.2, 0.25) is 0 Å². The number of ether oxygens (including phenoxy) is 1. The predicted molar refractivity (Wildman–Crippen MR) is 91.6 cm³/mol. The van der Waals surface area contributed by atoms with Gasteiger partial charge in [-0.05, 0) is 42.0 Å². The fourth-order valence-corrected chi connectivity index (χ4v) is 2.69. The summed E-state index contributed by atoms with van der Waals surface area (Å²) in [5.41, 5.74) is 5.10. The lowest BCUT2D eigenvalue weighted by Gasteiger charge is -2.05. The van der Waals surface area contributed by atoms with Crippen molar-refractivity contribution in [1.82, 2.24) is 20.2 Å². The highest BCUT2D eigenvalue weighted by Crippen LogP contribution is 2.28. The molecule has 6 nitrogen and oxygen atoms in total. The molecule has 2 aromatic carbocycles. The highest BCUT2D eigenvalue weighted by Gasteiger charge is 2.11. The fourth-order valence-electron chi connectivity index (χ4n) is 2.69. The van der Waals surface area contributed by atoms with Crippen LogP contribution in [0.25, 0.3) is 33.8 Å². The van der Waals surface area contributed by atoms with Gasteiger partial charge < -0.3 is 14.8 Å². The van der Waals surface area contributed by atoms with E-state index in [1.165, 1.54) is 0 Å². The zero-order chi connectivity index (χ0) is 16.5. The molecule has 4 rings (SSSR count). The number of benzene rings is 2. The molecule has 6 heteroatoms. The first-order valence-corrected chi connectivity index (χ1v) is 7.56. The van der Waals surface area contributed by atoms with Crippen LogP contribution in [-0.4, -0.2) is 32.4 Å². The molecule has 0 unspecified atom stereocenters. The molecule has 3 N–H and O–H groups in total. The number of methoxy groups -OCH3 is 1. The zero-order valence-corrected chi connectivity index (χ0v) is 13.1. The van der Waals surface area contributed by atoms with Crippen molar-refractivity contribution < 1.29 is 9.84 Å². The second kappa shape index (κ2) is 5.82. The fraction of sp³-hybridized carbons (Fsp3) is 0.111. The van der Waals surface area contributed by atoms with Gasteiger partial charge in [-0.1, -0.05) is 12.1 Å². The first-order valence-electron chi connectivity index (χ1n) is 7.56. The van der Waals surface area contributed by atoms with Gasteiger partial charge in [-0.3, -0.25) is 5.10 Å². The highest BCUT2D eigenvalue weighted by atomic mass is 16.5. The van der Waals surface area contributed by atoms with Crippen LogP contribution in [0.1, 0.15) is 5.56 Å². The van der Waals surface area contributed by atoms with Crippen molar-refractivity contribution in [2.75, 3.05) is 7.11 Å². The van der Waals surface area contributed by atoms with Gasteiger partial charge in [0.1, 0.15) is 11.4 Å². The van der Waals surface area contributed by atoms with E-state index in [-0.39, 0.29) is 6.61 Å². The minimum atomic E-state index is -0.0505. The number of nitrogens with zero attached hydrogens (tertiary/aromatic N) is 2. The van der Waals surface area contributed by atoms with Gasteiger partial charge in [0, 0.05) is 5.56 Å². The third-order valence-electron chi connectivity index (χ3n) is 3.90. The molecular weight excluding hydrogens is 304 g/mol. The van der Waals surface area contributed by atoms with E-state index in [0.29, 0.717) is 5.75 Å². The Morgan fingerprint density at radius 1 is 1.12 bits per heavy atom. The standard InChI is InChI=1S/C18H16N4O2/c1-24-13-7-11(10-23)6-12(8-13)16-9-17(22-21-16)18-19-14-4-2-3-5-15(14)20-18/h2-9,23H,10H2,1H3,(H,19,20)(H,21,22).